The van der Waals surface area contributed by atoms with Crippen molar-refractivity contribution in [2.75, 3.05) is 21.3 Å². The van der Waals surface area contributed by atoms with Crippen LogP contribution in [-0.2, 0) is 13.1 Å². The molecule has 0 unspecified atom stereocenters. The fourth-order valence-corrected chi connectivity index (χ4v) is 2.68. The average molecular weight is 392 g/mol. The van der Waals surface area contributed by atoms with E-state index in [1.807, 2.05) is 30.3 Å². The lowest BCUT2D eigenvalue weighted by Gasteiger charge is -2.15. The van der Waals surface area contributed by atoms with E-state index in [9.17, 15) is 0 Å². The second-order valence-corrected chi connectivity index (χ2v) is 5.92. The van der Waals surface area contributed by atoms with Gasteiger partial charge < -0.3 is 20.1 Å². The topological polar surface area (TPSA) is 54.9 Å². The molecule has 0 saturated carbocycles. The number of benzene rings is 2. The number of hydrogen-bond acceptors (Lipinski definition) is 3. The number of methoxy groups -OCH3 is 2. The van der Waals surface area contributed by atoms with E-state index in [4.69, 9.17) is 9.47 Å². The van der Waals surface area contributed by atoms with Crippen LogP contribution in [0.15, 0.2) is 51.9 Å². The third-order valence-corrected chi connectivity index (χ3v) is 4.26. The SMILES string of the molecule is CN=C(NCc1ccccc1)NCc1cc(OC)c(OC)cc1Br. The molecule has 0 saturated heterocycles. The number of aliphatic imine (C=N–C) groups is 1. The molecule has 6 heteroatoms. The highest BCUT2D eigenvalue weighted by Crippen LogP contribution is 2.33. The fourth-order valence-electron chi connectivity index (χ4n) is 2.21. The summed E-state index contributed by atoms with van der Waals surface area (Å²) in [6.07, 6.45) is 0. The molecule has 0 aliphatic carbocycles. The molecule has 0 aliphatic rings. The number of guanidine groups is 1. The van der Waals surface area contributed by atoms with Crippen LogP contribution in [0.4, 0.5) is 0 Å². The van der Waals surface area contributed by atoms with Crippen LogP contribution in [0.1, 0.15) is 11.1 Å². The predicted molar refractivity (Wildman–Crippen MR) is 101 cm³/mol. The van der Waals surface area contributed by atoms with Crippen molar-refractivity contribution in [1.29, 1.82) is 0 Å². The molecule has 0 amide bonds. The Morgan fingerprint density at radius 2 is 1.62 bits per heavy atom. The maximum atomic E-state index is 5.35. The molecule has 2 aromatic rings. The largest absolute Gasteiger partial charge is 0.493 e. The molecule has 0 spiro atoms. The number of rotatable bonds is 6. The minimum Gasteiger partial charge on any atom is -0.493 e. The second kappa shape index (κ2) is 9.17. The van der Waals surface area contributed by atoms with Gasteiger partial charge in [0.1, 0.15) is 0 Å². The summed E-state index contributed by atoms with van der Waals surface area (Å²) in [5, 5.41) is 6.59. The summed E-state index contributed by atoms with van der Waals surface area (Å²) in [6.45, 7) is 1.32. The summed E-state index contributed by atoms with van der Waals surface area (Å²) < 4.78 is 11.6. The molecule has 0 aliphatic heterocycles. The molecule has 0 radical (unpaired) electrons. The van der Waals surface area contributed by atoms with Gasteiger partial charge in [0.15, 0.2) is 17.5 Å². The van der Waals surface area contributed by atoms with Crippen LogP contribution in [0.25, 0.3) is 0 Å². The minimum absolute atomic E-state index is 0.607. The zero-order valence-corrected chi connectivity index (χ0v) is 15.7. The number of ether oxygens (including phenoxy) is 2. The van der Waals surface area contributed by atoms with Crippen LogP contribution >= 0.6 is 15.9 Å². The average Bonchev–Trinajstić information content (AvgIpc) is 2.63. The molecule has 0 aromatic heterocycles. The zero-order valence-electron chi connectivity index (χ0n) is 14.1. The van der Waals surface area contributed by atoms with Crippen molar-refractivity contribution in [2.24, 2.45) is 4.99 Å². The number of halogens is 1. The highest BCUT2D eigenvalue weighted by molar-refractivity contribution is 9.10. The van der Waals surface area contributed by atoms with Crippen molar-refractivity contribution in [3.8, 4) is 11.5 Å². The Bertz CT molecular complexity index is 690. The molecule has 2 N–H and O–H groups in total. The van der Waals surface area contributed by atoms with E-state index >= 15 is 0 Å². The molecular formula is C18H22BrN3O2. The molecule has 0 atom stereocenters. The first-order valence-electron chi connectivity index (χ1n) is 7.56. The van der Waals surface area contributed by atoms with Gasteiger partial charge in [0.2, 0.25) is 0 Å². The van der Waals surface area contributed by atoms with Gasteiger partial charge in [-0.25, -0.2) is 0 Å². The lowest BCUT2D eigenvalue weighted by atomic mass is 10.2. The Morgan fingerprint density at radius 1 is 1.00 bits per heavy atom. The highest BCUT2D eigenvalue weighted by atomic mass is 79.9. The summed E-state index contributed by atoms with van der Waals surface area (Å²) >= 11 is 3.56. The Hall–Kier alpha value is -2.21. The first-order chi connectivity index (χ1) is 11.7. The zero-order chi connectivity index (χ0) is 17.4. The van der Waals surface area contributed by atoms with Crippen LogP contribution in [0.2, 0.25) is 0 Å². The van der Waals surface area contributed by atoms with E-state index in [1.54, 1.807) is 21.3 Å². The predicted octanol–water partition coefficient (Wildman–Crippen LogP) is 3.33. The van der Waals surface area contributed by atoms with Crippen molar-refractivity contribution in [3.05, 3.63) is 58.1 Å². The summed E-state index contributed by atoms with van der Waals surface area (Å²) in [7, 11) is 5.00. The van der Waals surface area contributed by atoms with E-state index in [2.05, 4.69) is 43.7 Å². The summed E-state index contributed by atoms with van der Waals surface area (Å²) in [4.78, 5) is 4.25. The van der Waals surface area contributed by atoms with Gasteiger partial charge in [-0.3, -0.25) is 4.99 Å². The van der Waals surface area contributed by atoms with Gasteiger partial charge in [-0.1, -0.05) is 46.3 Å². The highest BCUT2D eigenvalue weighted by Gasteiger charge is 2.10. The molecule has 0 heterocycles. The molecule has 2 aromatic carbocycles. The summed E-state index contributed by atoms with van der Waals surface area (Å²) in [5.41, 5.74) is 2.25. The van der Waals surface area contributed by atoms with Crippen molar-refractivity contribution in [3.63, 3.8) is 0 Å². The quantitative estimate of drug-likeness (QED) is 0.585. The Kier molecular flexibility index (Phi) is 6.93. The normalized spacial score (nSPS) is 11.1. The van der Waals surface area contributed by atoms with E-state index in [1.165, 1.54) is 5.56 Å². The van der Waals surface area contributed by atoms with Crippen LogP contribution in [0.5, 0.6) is 11.5 Å². The first kappa shape index (κ1) is 18.1. The number of nitrogens with zero attached hydrogens (tertiary/aromatic N) is 1. The van der Waals surface area contributed by atoms with Crippen molar-refractivity contribution in [2.45, 2.75) is 13.1 Å². The van der Waals surface area contributed by atoms with Crippen LogP contribution < -0.4 is 20.1 Å². The molecule has 0 fully saturated rings. The van der Waals surface area contributed by atoms with Gasteiger partial charge in [-0.05, 0) is 23.3 Å². The van der Waals surface area contributed by atoms with E-state index in [0.29, 0.717) is 24.6 Å². The third-order valence-electron chi connectivity index (χ3n) is 3.53. The molecule has 2 rings (SSSR count). The first-order valence-corrected chi connectivity index (χ1v) is 8.36. The standard InChI is InChI=1S/C18H22BrN3O2/c1-20-18(21-11-13-7-5-4-6-8-13)22-12-14-9-16(23-2)17(24-3)10-15(14)19/h4-10H,11-12H2,1-3H3,(H2,20,21,22). The Labute approximate surface area is 151 Å². The molecule has 24 heavy (non-hydrogen) atoms. The van der Waals surface area contributed by atoms with E-state index < -0.39 is 0 Å². The lowest BCUT2D eigenvalue weighted by molar-refractivity contribution is 0.354. The van der Waals surface area contributed by atoms with Crippen molar-refractivity contribution < 1.29 is 9.47 Å². The molecular weight excluding hydrogens is 370 g/mol. The van der Waals surface area contributed by atoms with E-state index in [0.717, 1.165) is 16.0 Å². The minimum atomic E-state index is 0.607. The van der Waals surface area contributed by atoms with Crippen molar-refractivity contribution in [1.82, 2.24) is 10.6 Å². The second-order valence-electron chi connectivity index (χ2n) is 5.06. The van der Waals surface area contributed by atoms with Gasteiger partial charge in [0.25, 0.3) is 0 Å². The number of hydrogen-bond donors (Lipinski definition) is 2. The van der Waals surface area contributed by atoms with Gasteiger partial charge in [0, 0.05) is 24.6 Å². The Balaban J connectivity index is 1.98. The van der Waals surface area contributed by atoms with Crippen LogP contribution in [-0.4, -0.2) is 27.2 Å². The van der Waals surface area contributed by atoms with Crippen molar-refractivity contribution >= 4 is 21.9 Å². The third kappa shape index (κ3) is 4.89. The maximum absolute atomic E-state index is 5.35. The van der Waals surface area contributed by atoms with Crippen LogP contribution in [0.3, 0.4) is 0 Å². The van der Waals surface area contributed by atoms with Gasteiger partial charge in [0.05, 0.1) is 14.2 Å². The smallest absolute Gasteiger partial charge is 0.191 e. The fraction of sp³-hybridized carbons (Fsp3) is 0.278. The lowest BCUT2D eigenvalue weighted by Crippen LogP contribution is -2.36. The monoisotopic (exact) mass is 391 g/mol. The van der Waals surface area contributed by atoms with Crippen LogP contribution in [0, 0.1) is 0 Å². The van der Waals surface area contributed by atoms with Gasteiger partial charge in [-0.2, -0.15) is 0 Å². The van der Waals surface area contributed by atoms with E-state index in [-0.39, 0.29) is 0 Å². The van der Waals surface area contributed by atoms with Gasteiger partial charge >= 0.3 is 0 Å². The van der Waals surface area contributed by atoms with Gasteiger partial charge in [-0.15, -0.1) is 0 Å². The summed E-state index contributed by atoms with van der Waals surface area (Å²) in [6, 6.07) is 14.0. The number of nitrogens with one attached hydrogen (secondary N) is 2. The maximum Gasteiger partial charge on any atom is 0.191 e. The molecule has 0 bridgehead atoms. The Morgan fingerprint density at radius 3 is 2.25 bits per heavy atom. The molecule has 5 nitrogen and oxygen atoms in total. The summed E-state index contributed by atoms with van der Waals surface area (Å²) in [5.74, 6) is 2.13. The molecule has 128 valence electrons.